The highest BCUT2D eigenvalue weighted by atomic mass is 32.2. The molecule has 5 nitrogen and oxygen atoms in total. The van der Waals surface area contributed by atoms with Gasteiger partial charge in [0.15, 0.2) is 5.96 Å². The molecule has 0 fully saturated rings. The summed E-state index contributed by atoms with van der Waals surface area (Å²) < 4.78 is 2.00. The van der Waals surface area contributed by atoms with Crippen LogP contribution in [0.1, 0.15) is 41.9 Å². The lowest BCUT2D eigenvalue weighted by Crippen LogP contribution is -2.36. The molecule has 1 aromatic heterocycles. The number of guanidine groups is 1. The molecular formula is C20H31N5S. The summed E-state index contributed by atoms with van der Waals surface area (Å²) >= 11 is 1.78. The number of aryl methyl sites for hydroxylation is 3. The molecule has 1 heterocycles. The van der Waals surface area contributed by atoms with Gasteiger partial charge in [0.2, 0.25) is 0 Å². The van der Waals surface area contributed by atoms with Crippen LogP contribution in [0.4, 0.5) is 0 Å². The van der Waals surface area contributed by atoms with Gasteiger partial charge in [-0.05, 0) is 43.2 Å². The van der Waals surface area contributed by atoms with Crippen molar-refractivity contribution in [3.05, 3.63) is 46.3 Å². The van der Waals surface area contributed by atoms with Crippen LogP contribution in [-0.2, 0) is 33.0 Å². The molecule has 0 bridgehead atoms. The first kappa shape index (κ1) is 20.4. The monoisotopic (exact) mass is 373 g/mol. The van der Waals surface area contributed by atoms with Crippen LogP contribution in [0.15, 0.2) is 28.1 Å². The van der Waals surface area contributed by atoms with Gasteiger partial charge in [-0.2, -0.15) is 5.10 Å². The second kappa shape index (κ2) is 9.67. The molecule has 0 aliphatic carbocycles. The summed E-state index contributed by atoms with van der Waals surface area (Å²) in [4.78, 5) is 5.68. The highest BCUT2D eigenvalue weighted by Gasteiger charge is 2.14. The smallest absolute Gasteiger partial charge is 0.191 e. The predicted molar refractivity (Wildman–Crippen MR) is 112 cm³/mol. The van der Waals surface area contributed by atoms with Crippen molar-refractivity contribution in [2.75, 3.05) is 13.3 Å². The average Bonchev–Trinajstić information content (AvgIpc) is 2.97. The molecule has 1 aromatic carbocycles. The first-order chi connectivity index (χ1) is 12.5. The molecule has 0 aliphatic heterocycles. The molecule has 0 radical (unpaired) electrons. The summed E-state index contributed by atoms with van der Waals surface area (Å²) in [7, 11) is 3.83. The zero-order chi connectivity index (χ0) is 19.1. The first-order valence-corrected chi connectivity index (χ1v) is 10.4. The summed E-state index contributed by atoms with van der Waals surface area (Å²) in [6.07, 6.45) is 4.04. The van der Waals surface area contributed by atoms with E-state index in [4.69, 9.17) is 0 Å². The molecule has 0 atom stereocenters. The Morgan fingerprint density at radius 3 is 2.54 bits per heavy atom. The lowest BCUT2D eigenvalue weighted by molar-refractivity contribution is 0.702. The third kappa shape index (κ3) is 4.81. The van der Waals surface area contributed by atoms with Gasteiger partial charge in [-0.3, -0.25) is 9.67 Å². The van der Waals surface area contributed by atoms with Gasteiger partial charge in [-0.25, -0.2) is 0 Å². The summed E-state index contributed by atoms with van der Waals surface area (Å²) in [5, 5.41) is 11.5. The topological polar surface area (TPSA) is 54.2 Å². The third-order valence-corrected chi connectivity index (χ3v) is 5.39. The molecule has 2 N–H and O–H groups in total. The van der Waals surface area contributed by atoms with Crippen LogP contribution in [0.2, 0.25) is 0 Å². The van der Waals surface area contributed by atoms with E-state index in [2.05, 4.69) is 66.0 Å². The Balaban J connectivity index is 2.03. The van der Waals surface area contributed by atoms with Crippen molar-refractivity contribution in [1.29, 1.82) is 0 Å². The zero-order valence-corrected chi connectivity index (χ0v) is 17.6. The van der Waals surface area contributed by atoms with E-state index in [0.717, 1.165) is 37.6 Å². The molecular weight excluding hydrogens is 342 g/mol. The van der Waals surface area contributed by atoms with E-state index >= 15 is 0 Å². The molecule has 0 amide bonds. The number of aliphatic imine (C=N–C) groups is 1. The van der Waals surface area contributed by atoms with Gasteiger partial charge >= 0.3 is 0 Å². The van der Waals surface area contributed by atoms with E-state index < -0.39 is 0 Å². The Morgan fingerprint density at radius 1 is 1.19 bits per heavy atom. The van der Waals surface area contributed by atoms with Gasteiger partial charge in [0.05, 0.1) is 5.69 Å². The van der Waals surface area contributed by atoms with Crippen molar-refractivity contribution in [2.45, 2.75) is 51.6 Å². The van der Waals surface area contributed by atoms with E-state index in [0.29, 0.717) is 0 Å². The van der Waals surface area contributed by atoms with Crippen molar-refractivity contribution < 1.29 is 0 Å². The summed E-state index contributed by atoms with van der Waals surface area (Å²) in [5.74, 6) is 0.811. The molecule has 6 heteroatoms. The van der Waals surface area contributed by atoms with Crippen molar-refractivity contribution in [1.82, 2.24) is 20.4 Å². The molecule has 142 valence electrons. The number of rotatable bonds is 7. The highest BCUT2D eigenvalue weighted by molar-refractivity contribution is 7.98. The van der Waals surface area contributed by atoms with E-state index in [1.54, 1.807) is 11.8 Å². The minimum Gasteiger partial charge on any atom is -0.352 e. The number of nitrogens with zero attached hydrogens (tertiary/aromatic N) is 3. The molecule has 0 unspecified atom stereocenters. The van der Waals surface area contributed by atoms with E-state index in [1.807, 2.05) is 18.8 Å². The number of thioether (sulfide) groups is 1. The van der Waals surface area contributed by atoms with Crippen molar-refractivity contribution in [3.8, 4) is 0 Å². The average molecular weight is 374 g/mol. The maximum atomic E-state index is 4.64. The molecule has 0 saturated heterocycles. The lowest BCUT2D eigenvalue weighted by Gasteiger charge is -2.14. The van der Waals surface area contributed by atoms with Crippen LogP contribution >= 0.6 is 11.8 Å². The van der Waals surface area contributed by atoms with Crippen molar-refractivity contribution >= 4 is 17.7 Å². The molecule has 0 spiro atoms. The van der Waals surface area contributed by atoms with E-state index in [-0.39, 0.29) is 0 Å². The van der Waals surface area contributed by atoms with Gasteiger partial charge in [-0.15, -0.1) is 11.8 Å². The fourth-order valence-electron chi connectivity index (χ4n) is 3.16. The fraction of sp³-hybridized carbons (Fsp3) is 0.500. The second-order valence-electron chi connectivity index (χ2n) is 6.30. The Morgan fingerprint density at radius 2 is 1.92 bits per heavy atom. The number of nitrogens with one attached hydrogen (secondary N) is 2. The van der Waals surface area contributed by atoms with E-state index in [9.17, 15) is 0 Å². The van der Waals surface area contributed by atoms with Gasteiger partial charge in [0.1, 0.15) is 0 Å². The van der Waals surface area contributed by atoms with Gasteiger partial charge in [-0.1, -0.05) is 26.0 Å². The zero-order valence-electron chi connectivity index (χ0n) is 16.8. The Bertz CT molecular complexity index is 764. The number of hydrogen-bond acceptors (Lipinski definition) is 3. The molecule has 26 heavy (non-hydrogen) atoms. The van der Waals surface area contributed by atoms with Crippen LogP contribution in [0.3, 0.4) is 0 Å². The van der Waals surface area contributed by atoms with Crippen molar-refractivity contribution in [3.63, 3.8) is 0 Å². The van der Waals surface area contributed by atoms with Crippen LogP contribution in [0.5, 0.6) is 0 Å². The summed E-state index contributed by atoms with van der Waals surface area (Å²) in [6.45, 7) is 7.95. The third-order valence-electron chi connectivity index (χ3n) is 4.57. The quantitative estimate of drug-likeness (QED) is 0.443. The lowest BCUT2D eigenvalue weighted by atomic mass is 10.1. The molecule has 2 aromatic rings. The standard InChI is InChI=1S/C20H31N5S/c1-7-17-16(18(8-2)25(5)24-17)13-23-20(21-4)22-12-15-10-9-14(3)11-19(15)26-6/h9-11H,7-8,12-13H2,1-6H3,(H2,21,22,23). The molecule has 0 aliphatic rings. The van der Waals surface area contributed by atoms with Gasteiger partial charge in [0.25, 0.3) is 0 Å². The second-order valence-corrected chi connectivity index (χ2v) is 7.15. The number of aromatic nitrogens is 2. The molecule has 2 rings (SSSR count). The normalized spacial score (nSPS) is 11.7. The van der Waals surface area contributed by atoms with Crippen LogP contribution < -0.4 is 10.6 Å². The molecule has 0 saturated carbocycles. The maximum Gasteiger partial charge on any atom is 0.191 e. The van der Waals surface area contributed by atoms with Crippen LogP contribution in [0.25, 0.3) is 0 Å². The van der Waals surface area contributed by atoms with Crippen molar-refractivity contribution in [2.24, 2.45) is 12.0 Å². The van der Waals surface area contributed by atoms with Gasteiger partial charge in [0, 0.05) is 43.3 Å². The van der Waals surface area contributed by atoms with E-state index in [1.165, 1.54) is 27.3 Å². The minimum atomic E-state index is 0.739. The Labute approximate surface area is 161 Å². The van der Waals surface area contributed by atoms with Gasteiger partial charge < -0.3 is 10.6 Å². The first-order valence-electron chi connectivity index (χ1n) is 9.15. The minimum absolute atomic E-state index is 0.739. The Hall–Kier alpha value is -1.95. The largest absolute Gasteiger partial charge is 0.352 e. The highest BCUT2D eigenvalue weighted by Crippen LogP contribution is 2.21. The summed E-state index contributed by atoms with van der Waals surface area (Å²) in [5.41, 5.74) is 6.32. The fourth-order valence-corrected chi connectivity index (χ4v) is 3.87. The van der Waals surface area contributed by atoms with Crippen LogP contribution in [0, 0.1) is 6.92 Å². The number of hydrogen-bond donors (Lipinski definition) is 2. The number of benzene rings is 1. The van der Waals surface area contributed by atoms with Crippen LogP contribution in [-0.4, -0.2) is 29.0 Å². The summed E-state index contributed by atoms with van der Waals surface area (Å²) in [6, 6.07) is 6.57. The SMILES string of the molecule is CCc1nn(C)c(CC)c1CNC(=NC)NCc1ccc(C)cc1SC. The Kier molecular flexibility index (Phi) is 7.57. The maximum absolute atomic E-state index is 4.64. The predicted octanol–water partition coefficient (Wildman–Crippen LogP) is 3.44.